The summed E-state index contributed by atoms with van der Waals surface area (Å²) in [6.45, 7) is 6.54. The molecule has 0 bridgehead atoms. The van der Waals surface area contributed by atoms with E-state index >= 15 is 0 Å². The maximum absolute atomic E-state index is 12.7. The van der Waals surface area contributed by atoms with E-state index in [2.05, 4.69) is 49.8 Å². The molecule has 0 aromatic heterocycles. The number of rotatable bonds is 7. The molecule has 0 saturated carbocycles. The van der Waals surface area contributed by atoms with Crippen molar-refractivity contribution >= 4 is 10.0 Å². The average Bonchev–Trinajstić information content (AvgIpc) is 2.89. The molecule has 37 heavy (non-hydrogen) atoms. The molecule has 0 spiro atoms. The first-order valence-corrected chi connectivity index (χ1v) is 13.2. The van der Waals surface area contributed by atoms with Crippen LogP contribution in [0.15, 0.2) is 120 Å². The Bertz CT molecular complexity index is 1270. The van der Waals surface area contributed by atoms with Gasteiger partial charge >= 0.3 is 19.5 Å². The molecule has 0 radical (unpaired) electrons. The monoisotopic (exact) mass is 622 g/mol. The molecule has 0 amide bonds. The largest absolute Gasteiger partial charge is 2.00 e. The maximum atomic E-state index is 12.7. The molecule has 2 N–H and O–H groups in total. The predicted molar refractivity (Wildman–Crippen MR) is 145 cm³/mol. The Hall–Kier alpha value is -2.34. The fourth-order valence-corrected chi connectivity index (χ4v) is 4.77. The van der Waals surface area contributed by atoms with Crippen molar-refractivity contribution in [2.45, 2.75) is 43.7 Å². The summed E-state index contributed by atoms with van der Waals surface area (Å²) in [6, 6.07) is 34.3. The number of nitrogens with zero attached hydrogens (tertiary/aromatic N) is 1. The van der Waals surface area contributed by atoms with E-state index in [1.165, 1.54) is 23.3 Å². The van der Waals surface area contributed by atoms with Gasteiger partial charge in [0.25, 0.3) is 0 Å². The van der Waals surface area contributed by atoms with E-state index in [4.69, 9.17) is 5.73 Å². The third-order valence-electron chi connectivity index (χ3n) is 5.70. The van der Waals surface area contributed by atoms with E-state index in [1.54, 1.807) is 18.2 Å². The normalized spacial score (nSPS) is 12.2. The van der Waals surface area contributed by atoms with Crippen molar-refractivity contribution in [2.75, 3.05) is 0 Å². The maximum Gasteiger partial charge on any atom is 2.00 e. The van der Waals surface area contributed by atoms with Crippen LogP contribution in [0.2, 0.25) is 0 Å². The van der Waals surface area contributed by atoms with E-state index in [9.17, 15) is 8.42 Å². The molecular formula is C30H33ClN2O2RuS. The molecule has 0 heterocycles. The molecule has 4 aromatic carbocycles. The van der Waals surface area contributed by atoms with Crippen molar-refractivity contribution < 1.29 is 40.3 Å². The summed E-state index contributed by atoms with van der Waals surface area (Å²) < 4.78 is 29.6. The molecule has 0 aliphatic rings. The van der Waals surface area contributed by atoms with Gasteiger partial charge in [-0.2, -0.15) is 0 Å². The van der Waals surface area contributed by atoms with Gasteiger partial charge in [0.05, 0.1) is 0 Å². The van der Waals surface area contributed by atoms with Crippen LogP contribution in [0.25, 0.3) is 4.72 Å². The minimum Gasteiger partial charge on any atom is -1.00 e. The van der Waals surface area contributed by atoms with Crippen LogP contribution in [0.5, 0.6) is 0 Å². The molecule has 0 unspecified atom stereocenters. The summed E-state index contributed by atoms with van der Waals surface area (Å²) in [5.74, 6) is 0.653. The van der Waals surface area contributed by atoms with E-state index in [1.807, 2.05) is 60.7 Å². The summed E-state index contributed by atoms with van der Waals surface area (Å²) in [4.78, 5) is 0.163. The second kappa shape index (κ2) is 15.8. The Kier molecular flexibility index (Phi) is 14.0. The molecular weight excluding hydrogens is 589 g/mol. The molecule has 0 aliphatic carbocycles. The van der Waals surface area contributed by atoms with Gasteiger partial charge in [0.2, 0.25) is 0 Å². The molecule has 0 saturated heterocycles. The topological polar surface area (TPSA) is 74.3 Å². The number of benzene rings is 4. The van der Waals surface area contributed by atoms with Gasteiger partial charge in [-0.25, -0.2) is 8.42 Å². The molecule has 2 atom stereocenters. The summed E-state index contributed by atoms with van der Waals surface area (Å²) in [7, 11) is -3.82. The van der Waals surface area contributed by atoms with Crippen LogP contribution in [0.3, 0.4) is 0 Å². The summed E-state index contributed by atoms with van der Waals surface area (Å²) in [6.07, 6.45) is 0. The molecule has 0 aliphatic heterocycles. The molecule has 0 fully saturated rings. The van der Waals surface area contributed by atoms with Crippen molar-refractivity contribution in [1.29, 1.82) is 0 Å². The van der Waals surface area contributed by atoms with Crippen LogP contribution < -0.4 is 18.1 Å². The van der Waals surface area contributed by atoms with Gasteiger partial charge in [-0.15, -0.1) is 0 Å². The van der Waals surface area contributed by atoms with Crippen molar-refractivity contribution in [2.24, 2.45) is 5.73 Å². The number of nitrogens with two attached hydrogens (primary N) is 1. The van der Waals surface area contributed by atoms with E-state index in [0.29, 0.717) is 5.92 Å². The number of hydrogen-bond acceptors (Lipinski definition) is 3. The van der Waals surface area contributed by atoms with Crippen LogP contribution in [0.1, 0.15) is 54.1 Å². The minimum atomic E-state index is -3.82. The SMILES string of the molecule is Cc1ccc(C(C)C)cc1.N[C@@H](c1ccccc1)[C@@H]([N-]S(=O)(=O)c1ccccc1)c1ccccc1.[Cl-].[Ru+2]. The van der Waals surface area contributed by atoms with Crippen LogP contribution >= 0.6 is 0 Å². The zero-order valence-corrected chi connectivity index (χ0v) is 24.5. The second-order valence-electron chi connectivity index (χ2n) is 8.75. The van der Waals surface area contributed by atoms with Crippen molar-refractivity contribution in [3.63, 3.8) is 0 Å². The Morgan fingerprint density at radius 1 is 0.649 bits per heavy atom. The first kappa shape index (κ1) is 32.7. The van der Waals surface area contributed by atoms with E-state index < -0.39 is 22.1 Å². The minimum absolute atomic E-state index is 0. The van der Waals surface area contributed by atoms with Crippen LogP contribution in [0.4, 0.5) is 0 Å². The summed E-state index contributed by atoms with van der Waals surface area (Å²) in [5, 5.41) is 0. The van der Waals surface area contributed by atoms with Gasteiger partial charge < -0.3 is 22.9 Å². The Labute approximate surface area is 240 Å². The average molecular weight is 622 g/mol. The van der Waals surface area contributed by atoms with E-state index in [0.717, 1.165) is 11.1 Å². The second-order valence-corrected chi connectivity index (χ2v) is 10.4. The van der Waals surface area contributed by atoms with Gasteiger partial charge in [-0.1, -0.05) is 134 Å². The number of aryl methyl sites for hydroxylation is 1. The molecule has 7 heteroatoms. The number of sulfonamides is 1. The van der Waals surface area contributed by atoms with Crippen molar-refractivity contribution in [3.05, 3.63) is 142 Å². The van der Waals surface area contributed by atoms with Gasteiger partial charge in [-0.3, -0.25) is 0 Å². The zero-order chi connectivity index (χ0) is 25.3. The number of halogens is 1. The Morgan fingerprint density at radius 2 is 1.08 bits per heavy atom. The van der Waals surface area contributed by atoms with Crippen LogP contribution in [-0.2, 0) is 29.5 Å². The summed E-state index contributed by atoms with van der Waals surface area (Å²) in [5.41, 5.74) is 10.8. The third-order valence-corrected chi connectivity index (χ3v) is 7.08. The first-order valence-electron chi connectivity index (χ1n) is 11.7. The van der Waals surface area contributed by atoms with Gasteiger partial charge in [0.1, 0.15) is 10.0 Å². The standard InChI is InChI=1S/C20H19N2O2S.C10H14.ClH.Ru/c21-19(16-10-4-1-5-11-16)20(17-12-6-2-7-13-17)22-25(23,24)18-14-8-3-9-15-18;1-8(2)10-6-4-9(3)5-7-10;;/h1-15,19-20H,21H2;4-8H,1-3H3;1H;/q-1;;;+2/p-1/t19-,20-;;;/m0.../s1. The van der Waals surface area contributed by atoms with Gasteiger partial charge in [0.15, 0.2) is 0 Å². The van der Waals surface area contributed by atoms with Crippen molar-refractivity contribution in [3.8, 4) is 0 Å². The summed E-state index contributed by atoms with van der Waals surface area (Å²) >= 11 is 0. The molecule has 4 rings (SSSR count). The predicted octanol–water partition coefficient (Wildman–Crippen LogP) is 4.31. The van der Waals surface area contributed by atoms with Gasteiger partial charge in [0, 0.05) is 10.9 Å². The van der Waals surface area contributed by atoms with Gasteiger partial charge in [-0.05, 0) is 36.1 Å². The molecule has 4 nitrogen and oxygen atoms in total. The molecule has 196 valence electrons. The smallest absolute Gasteiger partial charge is 1.00 e. The Balaban J connectivity index is 0.000000485. The fraction of sp³-hybridized carbons (Fsp3) is 0.200. The first-order chi connectivity index (χ1) is 16.8. The zero-order valence-electron chi connectivity index (χ0n) is 21.2. The third kappa shape index (κ3) is 9.81. The fourth-order valence-electron chi connectivity index (χ4n) is 3.60. The number of hydrogen-bond donors (Lipinski definition) is 1. The van der Waals surface area contributed by atoms with Crippen LogP contribution in [-0.4, -0.2) is 8.42 Å². The van der Waals surface area contributed by atoms with E-state index in [-0.39, 0.29) is 36.8 Å². The van der Waals surface area contributed by atoms with Crippen LogP contribution in [0, 0.1) is 6.92 Å². The Morgan fingerprint density at radius 3 is 1.54 bits per heavy atom. The quantitative estimate of drug-likeness (QED) is 0.313. The molecule has 4 aromatic rings. The van der Waals surface area contributed by atoms with Crippen molar-refractivity contribution in [1.82, 2.24) is 0 Å².